The summed E-state index contributed by atoms with van der Waals surface area (Å²) >= 11 is 42.7. The smallest absolute Gasteiger partial charge is 0.328 e. The van der Waals surface area contributed by atoms with Gasteiger partial charge in [-0.05, 0) is 96.5 Å². The lowest BCUT2D eigenvalue weighted by molar-refractivity contribution is -0.155. The van der Waals surface area contributed by atoms with E-state index < -0.39 is 11.9 Å². The number of aromatic nitrogens is 14. The number of alkyl halides is 3. The normalized spacial score (nSPS) is 23.4. The van der Waals surface area contributed by atoms with Crippen LogP contribution >= 0.6 is 110 Å². The van der Waals surface area contributed by atoms with Crippen molar-refractivity contribution in [3.8, 4) is 0 Å². The molecule has 0 radical (unpaired) electrons. The first-order chi connectivity index (χ1) is 48.8. The van der Waals surface area contributed by atoms with E-state index in [2.05, 4.69) is 124 Å². The number of esters is 2. The summed E-state index contributed by atoms with van der Waals surface area (Å²) in [6.07, 6.45) is 2.73. The zero-order chi connectivity index (χ0) is 71.2. The summed E-state index contributed by atoms with van der Waals surface area (Å²) in [5.74, 6) is 6.19. The number of anilines is 3. The molecule has 4 aromatic carbocycles. The summed E-state index contributed by atoms with van der Waals surface area (Å²) in [5, 5.41) is 29.5. The molecular weight excluding hydrogens is 1550 g/mol. The third-order valence-corrected chi connectivity index (χ3v) is 20.7. The molecule has 18 rings (SSSR count). The predicted octanol–water partition coefficient (Wildman–Crippen LogP) is 10.7. The van der Waals surface area contributed by atoms with E-state index >= 15 is 0 Å². The molecular formula is C66H63BrCl8N20O7. The highest BCUT2D eigenvalue weighted by Gasteiger charge is 2.63. The van der Waals surface area contributed by atoms with Gasteiger partial charge >= 0.3 is 11.9 Å². The van der Waals surface area contributed by atoms with Crippen molar-refractivity contribution in [1.29, 1.82) is 0 Å². The molecule has 4 saturated heterocycles. The quantitative estimate of drug-likeness (QED) is 0.0556. The molecule has 532 valence electrons. The molecule has 6 aromatic heterocycles. The van der Waals surface area contributed by atoms with Crippen LogP contribution in [-0.2, 0) is 40.8 Å². The van der Waals surface area contributed by atoms with Gasteiger partial charge in [0.2, 0.25) is 35.2 Å². The van der Waals surface area contributed by atoms with Gasteiger partial charge in [-0.25, -0.2) is 32.5 Å². The lowest BCUT2D eigenvalue weighted by Crippen LogP contribution is -2.24. The number of nitrogens with zero attached hydrogens (tertiary/aromatic N) is 18. The second kappa shape index (κ2) is 33.6. The van der Waals surface area contributed by atoms with Crippen LogP contribution in [0.3, 0.4) is 0 Å². The van der Waals surface area contributed by atoms with Gasteiger partial charge in [0.05, 0.1) is 30.0 Å². The lowest BCUT2D eigenvalue weighted by atomic mass is 10.2. The Morgan fingerprint density at radius 3 is 1.44 bits per heavy atom. The number of halogens is 9. The number of carbonyl (C=O) groups is 2. The van der Waals surface area contributed by atoms with Crippen LogP contribution in [0, 0.1) is 60.5 Å². The number of rotatable bonds is 10. The van der Waals surface area contributed by atoms with E-state index in [1.807, 2.05) is 78.9 Å². The van der Waals surface area contributed by atoms with Crippen LogP contribution in [0.2, 0.25) is 20.1 Å². The maximum absolute atomic E-state index is 12.6. The Bertz CT molecular complexity index is 4760. The van der Waals surface area contributed by atoms with Gasteiger partial charge in [-0.1, -0.05) is 107 Å². The van der Waals surface area contributed by atoms with E-state index in [0.717, 1.165) is 106 Å². The summed E-state index contributed by atoms with van der Waals surface area (Å²) in [6.45, 7) is 22.1. The topological polar surface area (TPSA) is 294 Å². The molecule has 102 heavy (non-hydrogen) atoms. The number of fused-ring (bicyclic) bond motifs is 6. The van der Waals surface area contributed by atoms with Gasteiger partial charge in [-0.3, -0.25) is 23.7 Å². The Labute approximate surface area is 632 Å². The van der Waals surface area contributed by atoms with Crippen molar-refractivity contribution >= 4 is 161 Å². The number of benzene rings is 4. The van der Waals surface area contributed by atoms with Crippen LogP contribution in [0.25, 0.3) is 32.0 Å². The summed E-state index contributed by atoms with van der Waals surface area (Å²) in [7, 11) is 3.30. The van der Waals surface area contributed by atoms with E-state index in [9.17, 15) is 19.2 Å². The molecule has 8 aliphatic rings. The van der Waals surface area contributed by atoms with Gasteiger partial charge in [0.1, 0.15) is 30.5 Å². The molecule has 12 atom stereocenters. The molecule has 4 aliphatic carbocycles. The van der Waals surface area contributed by atoms with Crippen molar-refractivity contribution in [3.05, 3.63) is 201 Å². The van der Waals surface area contributed by atoms with E-state index in [4.69, 9.17) is 103 Å². The Morgan fingerprint density at radius 2 is 1.03 bits per heavy atom. The molecule has 0 spiro atoms. The number of hydrogen-bond acceptors (Lipinski definition) is 21. The first kappa shape index (κ1) is 75.2. The maximum atomic E-state index is 12.6. The van der Waals surface area contributed by atoms with Crippen LogP contribution in [0.4, 0.5) is 17.1 Å². The molecule has 2 N–H and O–H groups in total. The second-order valence-electron chi connectivity index (χ2n) is 24.9. The van der Waals surface area contributed by atoms with Crippen molar-refractivity contribution in [2.24, 2.45) is 61.4 Å². The molecule has 0 bridgehead atoms. The van der Waals surface area contributed by atoms with E-state index in [1.165, 1.54) is 38.0 Å². The molecule has 27 nitrogen and oxygen atoms in total. The van der Waals surface area contributed by atoms with Crippen molar-refractivity contribution in [3.63, 3.8) is 0 Å². The van der Waals surface area contributed by atoms with Crippen LogP contribution in [0.15, 0.2) is 133 Å². The van der Waals surface area contributed by atoms with Crippen LogP contribution in [0.5, 0.6) is 0 Å². The van der Waals surface area contributed by atoms with Crippen LogP contribution in [0.1, 0.15) is 35.3 Å². The van der Waals surface area contributed by atoms with Gasteiger partial charge < -0.3 is 48.5 Å². The van der Waals surface area contributed by atoms with E-state index in [0.29, 0.717) is 93.5 Å². The number of piperidine rings is 4. The highest BCUT2D eigenvalue weighted by molar-refractivity contribution is 9.10. The molecule has 0 amide bonds. The molecule has 4 aliphatic heterocycles. The van der Waals surface area contributed by atoms with Crippen molar-refractivity contribution in [2.75, 3.05) is 78.8 Å². The standard InChI is InChI=1S/C19H17ClN8O2.C14H13Cl2N3O.C12H11ClN2.C6H4BrCl.C6H8N2.C5H5N5O.C4H4Cl2O3.ClH/c1-26-16-18(23-25-26)21-9-28(19(16)29)8-14-22-17(24-30-14)15-12-6-27(7-13(12)15)11-4-2-3-10(20)5-11;15-5-12-17-14(18-20-12)13-10-6-19(7-11(10)13)9-3-1-2-8(16)4-9;1-14-12-10-6-15(7-11(10)12)9-4-2-3-8(13)5-9;7-5-2-1-3-6(8)4-5;1-7-6-4-2-8-3-5(4)6;1-10-3-4(8-9-10)6-2-7-5(3)11;5-1-3(7)9-4(8)2-6;/h2-5,9,12-13,15H,6-8H2,1H3;1-4,10-11,13H,5-7H2;2-5,10-12H,6-7H2;1-4H;4-6,8H,2-3H2;2H,1H3,(H,6,7,11);1-2H2;1H/t12-,13+,15?;10-,11+,13?;10-,11+,12?;;4-,5+,6?;;;. The largest absolute Gasteiger partial charge is 0.391 e. The average molecular weight is 1610 g/mol. The summed E-state index contributed by atoms with van der Waals surface area (Å²) in [5.41, 5.74) is 4.50. The molecule has 8 fully saturated rings. The zero-order valence-corrected chi connectivity index (χ0v) is 61.8. The highest BCUT2D eigenvalue weighted by Crippen LogP contribution is 2.59. The van der Waals surface area contributed by atoms with Crippen LogP contribution in [-0.4, -0.2) is 158 Å². The van der Waals surface area contributed by atoms with Gasteiger partial charge in [0.15, 0.2) is 22.7 Å². The predicted molar refractivity (Wildman–Crippen MR) is 392 cm³/mol. The molecule has 4 unspecified atom stereocenters. The molecule has 36 heteroatoms. The number of aryl methyl sites for hydroxylation is 2. The average Bonchev–Trinajstić information content (AvgIpc) is 1.58. The summed E-state index contributed by atoms with van der Waals surface area (Å²) in [4.78, 5) is 77.5. The van der Waals surface area contributed by atoms with E-state index in [-0.39, 0.29) is 47.7 Å². The third-order valence-electron chi connectivity index (χ3n) is 18.6. The maximum Gasteiger partial charge on any atom is 0.328 e. The first-order valence-electron chi connectivity index (χ1n) is 31.8. The number of ether oxygens (including phenoxy) is 1. The van der Waals surface area contributed by atoms with Crippen LogP contribution < -0.4 is 31.1 Å². The Balaban J connectivity index is 0.000000127. The van der Waals surface area contributed by atoms with E-state index in [1.54, 1.807) is 14.1 Å². The molecule has 10 heterocycles. The number of nitrogens with one attached hydrogen (secondary N) is 2. The Kier molecular flexibility index (Phi) is 24.8. The SMILES string of the molecule is Cl.ClCc1nc(C2[C@H]3CN(c4cccc(Cl)c4)C[C@@H]23)no1.Clc1cccc(Br)c1.Cn1nnc2nc[nH]c(=O)c21.Cn1nnc2ncn(Cc3nc(C4[C@H]5CN(c6cccc(Cl)c6)C[C@@H]45)no3)c(=O)c21.O=C(CCl)OC(=O)CCl.[C-]#[N+]C1[C@H]2CN(c3cccc(Cl)c3)C[C@@H]12.[C-]#[N+]C1[C@H]2CNC[C@@H]12. The molecule has 10 aromatic rings. The van der Waals surface area contributed by atoms with Gasteiger partial charge in [0.25, 0.3) is 11.1 Å². The minimum absolute atomic E-state index is 0. The van der Waals surface area contributed by atoms with Gasteiger partial charge in [-0.2, -0.15) is 9.97 Å². The fourth-order valence-electron chi connectivity index (χ4n) is 13.4. The van der Waals surface area contributed by atoms with Gasteiger partial charge in [-0.15, -0.1) is 57.4 Å². The fraction of sp³-hybridized carbons (Fsp3) is 0.394. The van der Waals surface area contributed by atoms with Crippen molar-refractivity contribution < 1.29 is 23.4 Å². The lowest BCUT2D eigenvalue weighted by Gasteiger charge is -2.21. The molecule has 4 saturated carbocycles. The monoisotopic (exact) mass is 1610 g/mol. The minimum atomic E-state index is -0.776. The third kappa shape index (κ3) is 17.8. The number of H-pyrrole nitrogens is 1. The number of carbonyl (C=O) groups excluding carboxylic acids is 2. The Hall–Kier alpha value is -8.00. The zero-order valence-electron chi connectivity index (χ0n) is 54.1. The summed E-state index contributed by atoms with van der Waals surface area (Å²) in [6, 6.07) is 32.1. The van der Waals surface area contributed by atoms with Crippen molar-refractivity contribution in [1.82, 2.24) is 75.1 Å². The fourth-order valence-corrected chi connectivity index (χ4v) is 14.9. The summed E-state index contributed by atoms with van der Waals surface area (Å²) < 4.78 is 19.8. The van der Waals surface area contributed by atoms with Crippen molar-refractivity contribution in [2.45, 2.75) is 36.3 Å². The van der Waals surface area contributed by atoms with Gasteiger partial charge in [0, 0.05) is 120 Å². The number of aromatic amines is 1. The minimum Gasteiger partial charge on any atom is -0.391 e. The Morgan fingerprint density at radius 1 is 0.598 bits per heavy atom. The second-order valence-corrected chi connectivity index (χ2v) is 28.3. The first-order valence-corrected chi connectivity index (χ1v) is 35.7. The highest BCUT2D eigenvalue weighted by atomic mass is 79.9. The number of hydrogen-bond donors (Lipinski definition) is 2.